The molecule has 1 aromatic heterocycles. The predicted molar refractivity (Wildman–Crippen MR) is 106 cm³/mol. The second-order valence-corrected chi connectivity index (χ2v) is 6.26. The molecule has 0 aliphatic rings. The molecule has 0 bridgehead atoms. The second kappa shape index (κ2) is 6.92. The van der Waals surface area contributed by atoms with Crippen LogP contribution < -0.4 is 0 Å². The maximum Gasteiger partial charge on any atom is 0.130 e. The number of halogens is 1. The first-order chi connectivity index (χ1) is 12.3. The fraction of sp³-hybridized carbons (Fsp3) is 0. The summed E-state index contributed by atoms with van der Waals surface area (Å²) in [6.45, 7) is 0. The molecule has 0 aliphatic heterocycles. The van der Waals surface area contributed by atoms with Gasteiger partial charge in [-0.1, -0.05) is 96.5 Å². The normalized spacial score (nSPS) is 10.6. The van der Waals surface area contributed by atoms with Gasteiger partial charge < -0.3 is 0 Å². The molecule has 0 spiro atoms. The maximum absolute atomic E-state index is 6.27. The molecule has 0 atom stereocenters. The van der Waals surface area contributed by atoms with E-state index in [1.807, 2.05) is 42.5 Å². The molecule has 1 heterocycles. The van der Waals surface area contributed by atoms with Gasteiger partial charge in [0.2, 0.25) is 0 Å². The minimum Gasteiger partial charge on any atom is -0.236 e. The molecule has 120 valence electrons. The molecule has 0 N–H and O–H groups in total. The Bertz CT molecular complexity index is 977. The molecule has 0 unspecified atom stereocenters. The Hall–Kier alpha value is -2.90. The number of hydrogen-bond acceptors (Lipinski definition) is 1. The van der Waals surface area contributed by atoms with Crippen LogP contribution in [0.1, 0.15) is 0 Å². The van der Waals surface area contributed by atoms with Gasteiger partial charge in [0.1, 0.15) is 5.15 Å². The summed E-state index contributed by atoms with van der Waals surface area (Å²) >= 11 is 6.27. The smallest absolute Gasteiger partial charge is 0.130 e. The highest BCUT2D eigenvalue weighted by atomic mass is 35.5. The van der Waals surface area contributed by atoms with Crippen LogP contribution in [0.2, 0.25) is 5.15 Å². The van der Waals surface area contributed by atoms with Crippen molar-refractivity contribution in [3.8, 4) is 33.5 Å². The van der Waals surface area contributed by atoms with Crippen molar-refractivity contribution in [2.45, 2.75) is 0 Å². The third-order valence-electron chi connectivity index (χ3n) is 4.19. The van der Waals surface area contributed by atoms with Crippen LogP contribution in [0.4, 0.5) is 0 Å². The van der Waals surface area contributed by atoms with E-state index in [-0.39, 0.29) is 0 Å². The summed E-state index contributed by atoms with van der Waals surface area (Å²) in [5, 5.41) is 0.503. The van der Waals surface area contributed by atoms with E-state index >= 15 is 0 Å². The Kier molecular flexibility index (Phi) is 4.32. The Morgan fingerprint density at radius 2 is 0.960 bits per heavy atom. The highest BCUT2D eigenvalue weighted by Gasteiger charge is 2.06. The summed E-state index contributed by atoms with van der Waals surface area (Å²) in [6.07, 6.45) is 0. The van der Waals surface area contributed by atoms with E-state index in [1.165, 1.54) is 11.1 Å². The van der Waals surface area contributed by atoms with Gasteiger partial charge in [-0.25, -0.2) is 4.98 Å². The number of benzene rings is 3. The number of aromatic nitrogens is 1. The van der Waals surface area contributed by atoms with Crippen molar-refractivity contribution < 1.29 is 0 Å². The maximum atomic E-state index is 6.27. The van der Waals surface area contributed by atoms with Crippen LogP contribution >= 0.6 is 11.6 Å². The van der Waals surface area contributed by atoms with Crippen molar-refractivity contribution in [1.82, 2.24) is 4.98 Å². The molecule has 0 radical (unpaired) electrons. The van der Waals surface area contributed by atoms with E-state index in [2.05, 4.69) is 59.6 Å². The van der Waals surface area contributed by atoms with Gasteiger partial charge in [0.25, 0.3) is 0 Å². The van der Waals surface area contributed by atoms with Crippen LogP contribution in [0.5, 0.6) is 0 Å². The molecular formula is C23H16ClN. The molecule has 2 heteroatoms. The first-order valence-corrected chi connectivity index (χ1v) is 8.56. The van der Waals surface area contributed by atoms with Gasteiger partial charge in [0.05, 0.1) is 5.69 Å². The quantitative estimate of drug-likeness (QED) is 0.376. The minimum absolute atomic E-state index is 0.503. The average molecular weight is 342 g/mol. The third kappa shape index (κ3) is 3.47. The molecule has 0 amide bonds. The lowest BCUT2D eigenvalue weighted by Gasteiger charge is -2.08. The van der Waals surface area contributed by atoms with Crippen LogP contribution in [0, 0.1) is 0 Å². The lowest BCUT2D eigenvalue weighted by Crippen LogP contribution is -1.87. The van der Waals surface area contributed by atoms with E-state index in [0.717, 1.165) is 22.4 Å². The first kappa shape index (κ1) is 15.6. The van der Waals surface area contributed by atoms with E-state index in [4.69, 9.17) is 11.6 Å². The van der Waals surface area contributed by atoms with Crippen LogP contribution in [0.15, 0.2) is 97.1 Å². The van der Waals surface area contributed by atoms with Crippen molar-refractivity contribution in [3.63, 3.8) is 0 Å². The molecule has 0 aliphatic carbocycles. The van der Waals surface area contributed by atoms with Crippen LogP contribution in [-0.2, 0) is 0 Å². The molecule has 4 rings (SSSR count). The van der Waals surface area contributed by atoms with Crippen LogP contribution in [-0.4, -0.2) is 4.98 Å². The zero-order valence-electron chi connectivity index (χ0n) is 13.6. The number of rotatable bonds is 3. The largest absolute Gasteiger partial charge is 0.236 e. The summed E-state index contributed by atoms with van der Waals surface area (Å²) in [6, 6.07) is 33.0. The van der Waals surface area contributed by atoms with Crippen LogP contribution in [0.3, 0.4) is 0 Å². The Labute approximate surface area is 152 Å². The van der Waals surface area contributed by atoms with Crippen molar-refractivity contribution in [3.05, 3.63) is 102 Å². The van der Waals surface area contributed by atoms with Crippen LogP contribution in [0.25, 0.3) is 33.5 Å². The summed E-state index contributed by atoms with van der Waals surface area (Å²) in [4.78, 5) is 4.46. The Morgan fingerprint density at radius 3 is 1.56 bits per heavy atom. The number of nitrogens with zero attached hydrogens (tertiary/aromatic N) is 1. The van der Waals surface area contributed by atoms with E-state index in [9.17, 15) is 0 Å². The minimum atomic E-state index is 0.503. The molecule has 0 saturated carbocycles. The monoisotopic (exact) mass is 341 g/mol. The highest BCUT2D eigenvalue weighted by Crippen LogP contribution is 2.29. The van der Waals surface area contributed by atoms with Gasteiger partial charge in [-0.05, 0) is 34.4 Å². The van der Waals surface area contributed by atoms with Gasteiger partial charge in [0, 0.05) is 5.56 Å². The number of hydrogen-bond donors (Lipinski definition) is 0. The van der Waals surface area contributed by atoms with Gasteiger partial charge in [-0.3, -0.25) is 0 Å². The molecular weight excluding hydrogens is 326 g/mol. The summed E-state index contributed by atoms with van der Waals surface area (Å²) < 4.78 is 0. The molecule has 0 saturated heterocycles. The fourth-order valence-electron chi connectivity index (χ4n) is 2.91. The average Bonchev–Trinajstić information content (AvgIpc) is 2.69. The van der Waals surface area contributed by atoms with E-state index < -0.39 is 0 Å². The standard InChI is InChI=1S/C23H16ClN/c24-23-16-21(15-22(25-23)20-9-5-2-6-10-20)19-13-11-18(12-14-19)17-7-3-1-4-8-17/h1-16H. The summed E-state index contributed by atoms with van der Waals surface area (Å²) in [5.74, 6) is 0. The lowest BCUT2D eigenvalue weighted by molar-refractivity contribution is 1.32. The topological polar surface area (TPSA) is 12.9 Å². The van der Waals surface area contributed by atoms with Gasteiger partial charge >= 0.3 is 0 Å². The van der Waals surface area contributed by atoms with Crippen molar-refractivity contribution in [2.24, 2.45) is 0 Å². The molecule has 4 aromatic rings. The zero-order valence-corrected chi connectivity index (χ0v) is 14.3. The zero-order chi connectivity index (χ0) is 17.1. The second-order valence-electron chi connectivity index (χ2n) is 5.87. The first-order valence-electron chi connectivity index (χ1n) is 8.18. The van der Waals surface area contributed by atoms with E-state index in [1.54, 1.807) is 0 Å². The number of pyridine rings is 1. The molecule has 0 fully saturated rings. The fourth-order valence-corrected chi connectivity index (χ4v) is 3.11. The molecule has 3 aromatic carbocycles. The molecule has 1 nitrogen and oxygen atoms in total. The van der Waals surface area contributed by atoms with Crippen molar-refractivity contribution >= 4 is 11.6 Å². The van der Waals surface area contributed by atoms with E-state index in [0.29, 0.717) is 5.15 Å². The SMILES string of the molecule is Clc1cc(-c2ccc(-c3ccccc3)cc2)cc(-c2ccccc2)n1. The lowest BCUT2D eigenvalue weighted by atomic mass is 9.99. The molecule has 25 heavy (non-hydrogen) atoms. The van der Waals surface area contributed by atoms with Gasteiger partial charge in [-0.2, -0.15) is 0 Å². The van der Waals surface area contributed by atoms with Gasteiger partial charge in [-0.15, -0.1) is 0 Å². The Morgan fingerprint density at radius 1 is 0.480 bits per heavy atom. The summed E-state index contributed by atoms with van der Waals surface area (Å²) in [5.41, 5.74) is 6.56. The Balaban J connectivity index is 1.71. The van der Waals surface area contributed by atoms with Crippen molar-refractivity contribution in [1.29, 1.82) is 0 Å². The summed E-state index contributed by atoms with van der Waals surface area (Å²) in [7, 11) is 0. The third-order valence-corrected chi connectivity index (χ3v) is 4.38. The van der Waals surface area contributed by atoms with Gasteiger partial charge in [0.15, 0.2) is 0 Å². The highest BCUT2D eigenvalue weighted by molar-refractivity contribution is 6.29. The predicted octanol–water partition coefficient (Wildman–Crippen LogP) is 6.74. The van der Waals surface area contributed by atoms with Crippen molar-refractivity contribution in [2.75, 3.05) is 0 Å².